The summed E-state index contributed by atoms with van der Waals surface area (Å²) >= 11 is 0. The number of nitrogens with one attached hydrogen (secondary N) is 2. The number of benzene rings is 3. The van der Waals surface area contributed by atoms with Crippen molar-refractivity contribution in [1.29, 1.82) is 0 Å². The van der Waals surface area contributed by atoms with Crippen LogP contribution in [0.3, 0.4) is 0 Å². The first-order chi connectivity index (χ1) is 17.9. The number of urea groups is 1. The summed E-state index contributed by atoms with van der Waals surface area (Å²) in [5.74, 6) is 0.614. The van der Waals surface area contributed by atoms with E-state index in [1.54, 1.807) is 36.3 Å². The van der Waals surface area contributed by atoms with E-state index in [1.807, 2.05) is 73.5 Å². The van der Waals surface area contributed by atoms with Gasteiger partial charge in [0.05, 0.1) is 7.11 Å². The van der Waals surface area contributed by atoms with E-state index >= 15 is 0 Å². The van der Waals surface area contributed by atoms with Crippen molar-refractivity contribution in [2.45, 2.75) is 32.9 Å². The zero-order valence-electron chi connectivity index (χ0n) is 21.6. The minimum Gasteiger partial charge on any atom is -0.497 e. The molecule has 0 radical (unpaired) electrons. The highest BCUT2D eigenvalue weighted by atomic mass is 16.5. The van der Waals surface area contributed by atoms with Crippen molar-refractivity contribution in [2.75, 3.05) is 25.5 Å². The molecule has 1 aromatic heterocycles. The van der Waals surface area contributed by atoms with E-state index in [0.29, 0.717) is 30.9 Å². The maximum atomic E-state index is 13.6. The lowest BCUT2D eigenvalue weighted by molar-refractivity contribution is -0.132. The molecule has 0 aliphatic carbocycles. The van der Waals surface area contributed by atoms with Crippen LogP contribution in [0.4, 0.5) is 10.5 Å². The highest BCUT2D eigenvalue weighted by Gasteiger charge is 2.24. The molecule has 2 N–H and O–H groups in total. The Bertz CT molecular complexity index is 1320. The lowest BCUT2D eigenvalue weighted by Gasteiger charge is -2.30. The Morgan fingerprint density at radius 3 is 2.35 bits per heavy atom. The summed E-state index contributed by atoms with van der Waals surface area (Å²) in [6.07, 6.45) is 2.72. The van der Waals surface area contributed by atoms with Gasteiger partial charge in [0.1, 0.15) is 12.3 Å². The molecule has 192 valence electrons. The predicted molar refractivity (Wildman–Crippen MR) is 148 cm³/mol. The van der Waals surface area contributed by atoms with E-state index in [1.165, 1.54) is 5.56 Å². The van der Waals surface area contributed by atoms with E-state index in [2.05, 4.69) is 16.4 Å². The van der Waals surface area contributed by atoms with E-state index < -0.39 is 0 Å². The van der Waals surface area contributed by atoms with Crippen molar-refractivity contribution in [1.82, 2.24) is 14.8 Å². The Labute approximate surface area is 218 Å². The van der Waals surface area contributed by atoms with Crippen molar-refractivity contribution in [3.05, 3.63) is 96.2 Å². The molecule has 0 atom stereocenters. The largest absolute Gasteiger partial charge is 0.497 e. The molecule has 1 heterocycles. The molecule has 37 heavy (non-hydrogen) atoms. The number of nitrogens with zero attached hydrogens (tertiary/aromatic N) is 2. The van der Waals surface area contributed by atoms with Crippen LogP contribution in [0.2, 0.25) is 0 Å². The number of methoxy groups -OCH3 is 1. The molecule has 0 aliphatic heterocycles. The Hall–Kier alpha value is -4.26. The topological polar surface area (TPSA) is 77.7 Å². The maximum absolute atomic E-state index is 13.6. The average molecular weight is 499 g/mol. The third-order valence-electron chi connectivity index (χ3n) is 6.43. The van der Waals surface area contributed by atoms with Crippen molar-refractivity contribution in [2.24, 2.45) is 0 Å². The van der Waals surface area contributed by atoms with Gasteiger partial charge in [-0.15, -0.1) is 0 Å². The Kier molecular flexibility index (Phi) is 8.46. The number of anilines is 1. The lowest BCUT2D eigenvalue weighted by Crippen LogP contribution is -2.47. The molecule has 0 spiro atoms. The third-order valence-corrected chi connectivity index (χ3v) is 6.43. The van der Waals surface area contributed by atoms with E-state index in [0.717, 1.165) is 16.5 Å². The number of hydrogen-bond acceptors (Lipinski definition) is 3. The zero-order chi connectivity index (χ0) is 26.2. The van der Waals surface area contributed by atoms with Gasteiger partial charge in [-0.25, -0.2) is 4.79 Å². The second-order valence-electron chi connectivity index (χ2n) is 9.29. The minimum absolute atomic E-state index is 0.0135. The van der Waals surface area contributed by atoms with Gasteiger partial charge in [-0.2, -0.15) is 0 Å². The third kappa shape index (κ3) is 6.70. The van der Waals surface area contributed by atoms with Crippen LogP contribution in [0.1, 0.15) is 25.0 Å². The number of H-pyrrole nitrogens is 1. The summed E-state index contributed by atoms with van der Waals surface area (Å²) in [7, 11) is 1.60. The molecule has 0 aliphatic rings. The first-order valence-corrected chi connectivity index (χ1v) is 12.5. The molecule has 7 heteroatoms. The number of amides is 3. The second-order valence-corrected chi connectivity index (χ2v) is 9.29. The van der Waals surface area contributed by atoms with Gasteiger partial charge < -0.3 is 24.8 Å². The number of ether oxygens (including phenoxy) is 1. The minimum atomic E-state index is -0.315. The molecule has 3 aromatic carbocycles. The summed E-state index contributed by atoms with van der Waals surface area (Å²) < 4.78 is 5.19. The quantitative estimate of drug-likeness (QED) is 0.295. The van der Waals surface area contributed by atoms with Crippen LogP contribution in [0.5, 0.6) is 5.75 Å². The van der Waals surface area contributed by atoms with Gasteiger partial charge in [-0.3, -0.25) is 4.79 Å². The van der Waals surface area contributed by atoms with Crippen LogP contribution in [0.25, 0.3) is 10.9 Å². The maximum Gasteiger partial charge on any atom is 0.322 e. The molecule has 0 fully saturated rings. The van der Waals surface area contributed by atoms with Gasteiger partial charge in [0.2, 0.25) is 5.91 Å². The Morgan fingerprint density at radius 2 is 1.65 bits per heavy atom. The van der Waals surface area contributed by atoms with Gasteiger partial charge >= 0.3 is 6.03 Å². The molecule has 4 aromatic rings. The molecular weight excluding hydrogens is 464 g/mol. The summed E-state index contributed by atoms with van der Waals surface area (Å²) in [5.41, 5.74) is 3.94. The molecule has 4 rings (SSSR count). The summed E-state index contributed by atoms with van der Waals surface area (Å²) in [6, 6.07) is 24.8. The molecule has 0 saturated heterocycles. The SMILES string of the molecule is COc1ccc(NC(=O)N(CC(=O)N(CCc2c[nH]c3ccccc23)Cc2ccccc2)C(C)C)cc1. The van der Waals surface area contributed by atoms with Crippen LogP contribution in [-0.4, -0.2) is 53.0 Å². The van der Waals surface area contributed by atoms with Crippen molar-refractivity contribution in [3.63, 3.8) is 0 Å². The number of aromatic amines is 1. The van der Waals surface area contributed by atoms with E-state index in [9.17, 15) is 9.59 Å². The van der Waals surface area contributed by atoms with Crippen molar-refractivity contribution in [3.8, 4) is 5.75 Å². The lowest BCUT2D eigenvalue weighted by atomic mass is 10.1. The monoisotopic (exact) mass is 498 g/mol. The van der Waals surface area contributed by atoms with Crippen LogP contribution in [-0.2, 0) is 17.8 Å². The van der Waals surface area contributed by atoms with Crippen LogP contribution in [0, 0.1) is 0 Å². The fourth-order valence-electron chi connectivity index (χ4n) is 4.29. The highest BCUT2D eigenvalue weighted by molar-refractivity contribution is 5.92. The number of fused-ring (bicyclic) bond motifs is 1. The van der Waals surface area contributed by atoms with Crippen LogP contribution in [0.15, 0.2) is 85.1 Å². The molecule has 0 unspecified atom stereocenters. The number of rotatable bonds is 10. The van der Waals surface area contributed by atoms with E-state index in [4.69, 9.17) is 4.74 Å². The molecule has 0 bridgehead atoms. The number of aromatic nitrogens is 1. The zero-order valence-corrected chi connectivity index (χ0v) is 21.6. The predicted octanol–water partition coefficient (Wildman–Crippen LogP) is 5.69. The summed E-state index contributed by atoms with van der Waals surface area (Å²) in [6.45, 7) is 4.83. The molecule has 7 nitrogen and oxygen atoms in total. The summed E-state index contributed by atoms with van der Waals surface area (Å²) in [5, 5.41) is 4.06. The average Bonchev–Trinajstić information content (AvgIpc) is 3.33. The van der Waals surface area contributed by atoms with Gasteiger partial charge in [0, 0.05) is 41.9 Å². The number of carbonyl (C=O) groups excluding carboxylic acids is 2. The van der Waals surface area contributed by atoms with Crippen LogP contribution >= 0.6 is 0 Å². The first-order valence-electron chi connectivity index (χ1n) is 12.5. The van der Waals surface area contributed by atoms with Crippen LogP contribution < -0.4 is 10.1 Å². The highest BCUT2D eigenvalue weighted by Crippen LogP contribution is 2.20. The fraction of sp³-hybridized carbons (Fsp3) is 0.267. The fourth-order valence-corrected chi connectivity index (χ4v) is 4.29. The normalized spacial score (nSPS) is 10.9. The Morgan fingerprint density at radius 1 is 0.946 bits per heavy atom. The number of para-hydroxylation sites is 1. The van der Waals surface area contributed by atoms with Gasteiger partial charge in [-0.05, 0) is 61.7 Å². The van der Waals surface area contributed by atoms with Gasteiger partial charge in [-0.1, -0.05) is 48.5 Å². The molecule has 0 saturated carbocycles. The summed E-state index contributed by atoms with van der Waals surface area (Å²) in [4.78, 5) is 33.4. The number of carbonyl (C=O) groups is 2. The second kappa shape index (κ2) is 12.1. The Balaban J connectivity index is 1.48. The van der Waals surface area contributed by atoms with Gasteiger partial charge in [0.15, 0.2) is 0 Å². The van der Waals surface area contributed by atoms with E-state index in [-0.39, 0.29) is 24.5 Å². The smallest absolute Gasteiger partial charge is 0.322 e. The standard InChI is InChI=1S/C30H34N4O3/c1-22(2)34(30(36)32-25-13-15-26(37-3)16-14-25)21-29(35)33(20-23-9-5-4-6-10-23)18-17-24-19-31-28-12-8-7-11-27(24)28/h4-16,19,22,31H,17-18,20-21H2,1-3H3,(H,32,36). The van der Waals surface area contributed by atoms with Crippen molar-refractivity contribution >= 4 is 28.5 Å². The van der Waals surface area contributed by atoms with Gasteiger partial charge in [0.25, 0.3) is 0 Å². The molecular formula is C30H34N4O3. The van der Waals surface area contributed by atoms with Crippen molar-refractivity contribution < 1.29 is 14.3 Å². The first kappa shape index (κ1) is 25.8. The molecule has 3 amide bonds. The number of hydrogen-bond donors (Lipinski definition) is 2.